The minimum Gasteiger partial charge on any atom is -0.376 e. The maximum Gasteiger partial charge on any atom is 0.228 e. The van der Waals surface area contributed by atoms with Crippen LogP contribution < -0.4 is 4.90 Å². The maximum absolute atomic E-state index is 12.7. The Kier molecular flexibility index (Phi) is 5.67. The first-order chi connectivity index (χ1) is 11.2. The number of carbonyl (C=O) groups is 1. The zero-order chi connectivity index (χ0) is 16.2. The first-order valence-corrected chi connectivity index (χ1v) is 9.76. The normalized spacial score (nSPS) is 17.7. The number of carbonyl (C=O) groups excluding carboxylic acids is 1. The number of ether oxygens (including phenoxy) is 1. The van der Waals surface area contributed by atoms with Crippen molar-refractivity contribution in [1.82, 2.24) is 4.98 Å². The number of amides is 1. The minimum atomic E-state index is 0.138. The Morgan fingerprint density at radius 1 is 1.52 bits per heavy atom. The molecule has 124 valence electrons. The van der Waals surface area contributed by atoms with Crippen molar-refractivity contribution in [2.75, 3.05) is 18.1 Å². The molecule has 1 aromatic heterocycles. The van der Waals surface area contributed by atoms with Gasteiger partial charge in [-0.15, -0.1) is 0 Å². The van der Waals surface area contributed by atoms with Gasteiger partial charge in [0.1, 0.15) is 0 Å². The molecule has 1 amide bonds. The van der Waals surface area contributed by atoms with E-state index < -0.39 is 0 Å². The first-order valence-electron chi connectivity index (χ1n) is 8.15. The van der Waals surface area contributed by atoms with Crippen molar-refractivity contribution in [2.45, 2.75) is 45.1 Å². The fraction of sp³-hybridized carbons (Fsp3) is 0.529. The smallest absolute Gasteiger partial charge is 0.228 e. The molecule has 3 rings (SSSR count). The van der Waals surface area contributed by atoms with Crippen molar-refractivity contribution < 1.29 is 9.53 Å². The Morgan fingerprint density at radius 3 is 3.13 bits per heavy atom. The lowest BCUT2D eigenvalue weighted by molar-refractivity contribution is -0.119. The highest BCUT2D eigenvalue weighted by molar-refractivity contribution is 9.10. The van der Waals surface area contributed by atoms with Crippen LogP contribution in [0.25, 0.3) is 10.2 Å². The van der Waals surface area contributed by atoms with Crippen LogP contribution in [0.2, 0.25) is 0 Å². The van der Waals surface area contributed by atoms with Gasteiger partial charge in [-0.05, 0) is 37.5 Å². The van der Waals surface area contributed by atoms with Gasteiger partial charge in [0, 0.05) is 17.5 Å². The molecule has 0 bridgehead atoms. The van der Waals surface area contributed by atoms with Crippen LogP contribution in [0, 0.1) is 0 Å². The topological polar surface area (TPSA) is 42.4 Å². The standard InChI is InChI=1S/C17H21BrN2O2S/c1-2-3-6-16(21)20(11-13-5-4-9-22-13)17-19-14-8-7-12(18)10-15(14)23-17/h7-8,10,13H,2-6,9,11H2,1H3. The van der Waals surface area contributed by atoms with Crippen molar-refractivity contribution in [3.8, 4) is 0 Å². The summed E-state index contributed by atoms with van der Waals surface area (Å²) in [6.07, 6.45) is 4.74. The van der Waals surface area contributed by atoms with Gasteiger partial charge < -0.3 is 4.74 Å². The van der Waals surface area contributed by atoms with Gasteiger partial charge in [0.15, 0.2) is 5.13 Å². The third-order valence-corrected chi connectivity index (χ3v) is 5.56. The van der Waals surface area contributed by atoms with Crippen molar-refractivity contribution in [2.24, 2.45) is 0 Å². The summed E-state index contributed by atoms with van der Waals surface area (Å²) in [5.41, 5.74) is 0.939. The highest BCUT2D eigenvalue weighted by Gasteiger charge is 2.25. The minimum absolute atomic E-state index is 0.138. The van der Waals surface area contributed by atoms with Crippen LogP contribution in [0.3, 0.4) is 0 Å². The second kappa shape index (κ2) is 7.73. The van der Waals surface area contributed by atoms with Gasteiger partial charge in [0.2, 0.25) is 5.91 Å². The second-order valence-corrected chi connectivity index (χ2v) is 7.78. The number of halogens is 1. The molecule has 4 nitrogen and oxygen atoms in total. The lowest BCUT2D eigenvalue weighted by atomic mass is 10.2. The van der Waals surface area contributed by atoms with Crippen LogP contribution in [0.4, 0.5) is 5.13 Å². The van der Waals surface area contributed by atoms with E-state index >= 15 is 0 Å². The Morgan fingerprint density at radius 2 is 2.39 bits per heavy atom. The molecule has 2 heterocycles. The van der Waals surface area contributed by atoms with Gasteiger partial charge in [0.05, 0.1) is 22.9 Å². The summed E-state index contributed by atoms with van der Waals surface area (Å²) in [6, 6.07) is 6.02. The van der Waals surface area contributed by atoms with Gasteiger partial charge in [-0.2, -0.15) is 0 Å². The Hall–Kier alpha value is -0.980. The number of fused-ring (bicyclic) bond motifs is 1. The first kappa shape index (κ1) is 16.9. The lowest BCUT2D eigenvalue weighted by Crippen LogP contribution is -2.37. The molecule has 0 aliphatic carbocycles. The highest BCUT2D eigenvalue weighted by Crippen LogP contribution is 2.32. The number of thiazole rings is 1. The number of nitrogens with zero attached hydrogens (tertiary/aromatic N) is 2. The molecular weight excluding hydrogens is 376 g/mol. The quantitative estimate of drug-likeness (QED) is 0.706. The molecule has 1 unspecified atom stereocenters. The predicted octanol–water partition coefficient (Wildman–Crippen LogP) is 4.76. The average molecular weight is 397 g/mol. The molecule has 0 saturated carbocycles. The van der Waals surface area contributed by atoms with Crippen LogP contribution >= 0.6 is 27.3 Å². The average Bonchev–Trinajstić information content (AvgIpc) is 3.18. The largest absolute Gasteiger partial charge is 0.376 e. The van der Waals surface area contributed by atoms with Gasteiger partial charge in [-0.3, -0.25) is 9.69 Å². The van der Waals surface area contributed by atoms with E-state index in [-0.39, 0.29) is 12.0 Å². The molecule has 1 saturated heterocycles. The third-order valence-electron chi connectivity index (χ3n) is 4.03. The van der Waals surface area contributed by atoms with Gasteiger partial charge in [0.25, 0.3) is 0 Å². The van der Waals surface area contributed by atoms with Crippen LogP contribution in [-0.4, -0.2) is 30.1 Å². The zero-order valence-electron chi connectivity index (χ0n) is 13.3. The van der Waals surface area contributed by atoms with E-state index in [1.807, 2.05) is 17.0 Å². The third kappa shape index (κ3) is 4.11. The maximum atomic E-state index is 12.7. The Bertz CT molecular complexity index is 682. The van der Waals surface area contributed by atoms with E-state index in [0.717, 1.165) is 52.1 Å². The summed E-state index contributed by atoms with van der Waals surface area (Å²) in [6.45, 7) is 3.52. The summed E-state index contributed by atoms with van der Waals surface area (Å²) in [5, 5.41) is 0.787. The molecule has 1 fully saturated rings. The van der Waals surface area contributed by atoms with Crippen molar-refractivity contribution in [3.05, 3.63) is 22.7 Å². The Labute approximate surface area is 149 Å². The van der Waals surface area contributed by atoms with Crippen molar-refractivity contribution in [3.63, 3.8) is 0 Å². The summed E-state index contributed by atoms with van der Waals surface area (Å²) >= 11 is 5.06. The molecule has 1 aromatic carbocycles. The molecule has 6 heteroatoms. The fourth-order valence-corrected chi connectivity index (χ4v) is 4.29. The number of aromatic nitrogens is 1. The zero-order valence-corrected chi connectivity index (χ0v) is 15.7. The summed E-state index contributed by atoms with van der Waals surface area (Å²) < 4.78 is 7.85. The second-order valence-electron chi connectivity index (χ2n) is 5.85. The Balaban J connectivity index is 1.86. The number of benzene rings is 1. The van der Waals surface area contributed by atoms with Crippen molar-refractivity contribution >= 4 is 48.5 Å². The summed E-state index contributed by atoms with van der Waals surface area (Å²) in [4.78, 5) is 19.2. The van der Waals surface area contributed by atoms with Crippen LogP contribution in [0.1, 0.15) is 39.0 Å². The molecule has 1 aliphatic rings. The van der Waals surface area contributed by atoms with Crippen LogP contribution in [0.15, 0.2) is 22.7 Å². The van der Waals surface area contributed by atoms with Crippen LogP contribution in [0.5, 0.6) is 0 Å². The van der Waals surface area contributed by atoms with Crippen molar-refractivity contribution in [1.29, 1.82) is 0 Å². The predicted molar refractivity (Wildman–Crippen MR) is 98.2 cm³/mol. The van der Waals surface area contributed by atoms with Gasteiger partial charge in [-0.25, -0.2) is 4.98 Å². The van der Waals surface area contributed by atoms with E-state index in [2.05, 4.69) is 33.9 Å². The SMILES string of the molecule is CCCCC(=O)N(CC1CCCO1)c1nc2ccc(Br)cc2s1. The van der Waals surface area contributed by atoms with Gasteiger partial charge in [-0.1, -0.05) is 40.6 Å². The molecule has 23 heavy (non-hydrogen) atoms. The van der Waals surface area contributed by atoms with Gasteiger partial charge >= 0.3 is 0 Å². The monoisotopic (exact) mass is 396 g/mol. The lowest BCUT2D eigenvalue weighted by Gasteiger charge is -2.23. The molecule has 1 aliphatic heterocycles. The molecule has 1 atom stereocenters. The molecular formula is C17H21BrN2O2S. The van der Waals surface area contributed by atoms with E-state index in [4.69, 9.17) is 4.74 Å². The number of anilines is 1. The molecule has 0 spiro atoms. The number of hydrogen-bond acceptors (Lipinski definition) is 4. The van der Waals surface area contributed by atoms with E-state index in [1.54, 1.807) is 11.3 Å². The molecule has 2 aromatic rings. The fourth-order valence-electron chi connectivity index (χ4n) is 2.74. The summed E-state index contributed by atoms with van der Waals surface area (Å²) in [5.74, 6) is 0.153. The number of unbranched alkanes of at least 4 members (excludes halogenated alkanes) is 1. The number of rotatable bonds is 6. The van der Waals surface area contributed by atoms with E-state index in [1.165, 1.54) is 0 Å². The van der Waals surface area contributed by atoms with E-state index in [9.17, 15) is 4.79 Å². The summed E-state index contributed by atoms with van der Waals surface area (Å²) in [7, 11) is 0. The molecule has 0 radical (unpaired) electrons. The van der Waals surface area contributed by atoms with E-state index in [0.29, 0.717) is 13.0 Å². The highest BCUT2D eigenvalue weighted by atomic mass is 79.9. The van der Waals surface area contributed by atoms with Crippen LogP contribution in [-0.2, 0) is 9.53 Å². The molecule has 0 N–H and O–H groups in total. The number of hydrogen-bond donors (Lipinski definition) is 0.